The zero-order chi connectivity index (χ0) is 21.4. The van der Waals surface area contributed by atoms with E-state index in [0.717, 1.165) is 16.5 Å². The van der Waals surface area contributed by atoms with Gasteiger partial charge in [-0.15, -0.1) is 0 Å². The van der Waals surface area contributed by atoms with E-state index in [0.29, 0.717) is 16.6 Å². The number of halogens is 2. The number of phenolic OH excluding ortho intramolecular Hbond substituents is 2. The van der Waals surface area contributed by atoms with Crippen LogP contribution in [-0.4, -0.2) is 20.2 Å². The van der Waals surface area contributed by atoms with Gasteiger partial charge in [0.15, 0.2) is 0 Å². The molecule has 0 bridgehead atoms. The molecule has 30 heavy (non-hydrogen) atoms. The molecular formula is C24H20ClFN2O2. The molecule has 6 heteroatoms. The summed E-state index contributed by atoms with van der Waals surface area (Å²) >= 11 is 6.00. The largest absolute Gasteiger partial charge is 0.508 e. The summed E-state index contributed by atoms with van der Waals surface area (Å²) in [6, 6.07) is 12.6. The van der Waals surface area contributed by atoms with Crippen LogP contribution in [0.1, 0.15) is 33.9 Å². The Balaban J connectivity index is 1.89. The van der Waals surface area contributed by atoms with Crippen molar-refractivity contribution in [2.75, 3.05) is 0 Å². The lowest BCUT2D eigenvalue weighted by Gasteiger charge is -2.21. The molecule has 0 radical (unpaired) electrons. The molecule has 0 spiro atoms. The molecule has 0 saturated heterocycles. The molecule has 2 N–H and O–H groups in total. The van der Waals surface area contributed by atoms with Crippen LogP contribution >= 0.6 is 11.6 Å². The van der Waals surface area contributed by atoms with Gasteiger partial charge in [-0.1, -0.05) is 41.9 Å². The van der Waals surface area contributed by atoms with Gasteiger partial charge in [0.05, 0.1) is 10.7 Å². The highest BCUT2D eigenvalue weighted by atomic mass is 35.5. The Morgan fingerprint density at radius 1 is 1.07 bits per heavy atom. The second-order valence-electron chi connectivity index (χ2n) is 7.37. The molecule has 0 aliphatic carbocycles. The van der Waals surface area contributed by atoms with Gasteiger partial charge in [0, 0.05) is 41.2 Å². The Kier molecular flexibility index (Phi) is 5.31. The van der Waals surface area contributed by atoms with E-state index in [4.69, 9.17) is 11.6 Å². The second kappa shape index (κ2) is 7.92. The van der Waals surface area contributed by atoms with Crippen LogP contribution in [-0.2, 0) is 6.42 Å². The van der Waals surface area contributed by atoms with Crippen LogP contribution in [0.2, 0.25) is 5.02 Å². The number of aromatic nitrogens is 2. The third kappa shape index (κ3) is 3.57. The van der Waals surface area contributed by atoms with Gasteiger partial charge in [0.1, 0.15) is 22.8 Å². The van der Waals surface area contributed by atoms with E-state index in [1.807, 2.05) is 24.3 Å². The van der Waals surface area contributed by atoms with Gasteiger partial charge >= 0.3 is 0 Å². The molecule has 0 aliphatic rings. The third-order valence-electron chi connectivity index (χ3n) is 5.46. The first-order valence-electron chi connectivity index (χ1n) is 9.52. The molecule has 4 rings (SSSR count). The number of benzene rings is 2. The number of rotatable bonds is 4. The summed E-state index contributed by atoms with van der Waals surface area (Å²) < 4.78 is 14.9. The van der Waals surface area contributed by atoms with E-state index in [1.165, 1.54) is 6.20 Å². The molecule has 0 aliphatic heterocycles. The van der Waals surface area contributed by atoms with E-state index in [-0.39, 0.29) is 28.6 Å². The number of hydrogen-bond acceptors (Lipinski definition) is 4. The Morgan fingerprint density at radius 3 is 2.63 bits per heavy atom. The standard InChI is InChI=1S/C24H20ClFN2O2/c1-13-5-6-16(10-21(13)29)18(11-20-22(26)14(2)19(25)12-28-20)17-8-7-15-4-3-9-27-23(15)24(17)30/h3-10,12,18,29-30H,11H2,1-2H3. The Bertz CT molecular complexity index is 1260. The number of hydrogen-bond donors (Lipinski definition) is 2. The molecule has 0 saturated carbocycles. The minimum absolute atomic E-state index is 0.0317. The average molecular weight is 423 g/mol. The van der Waals surface area contributed by atoms with Crippen molar-refractivity contribution in [3.05, 3.63) is 93.6 Å². The minimum Gasteiger partial charge on any atom is -0.508 e. The number of pyridine rings is 2. The Hall–Kier alpha value is -3.18. The number of aromatic hydroxyl groups is 2. The zero-order valence-electron chi connectivity index (χ0n) is 16.5. The highest BCUT2D eigenvalue weighted by Crippen LogP contribution is 2.39. The molecule has 2 aromatic carbocycles. The first-order chi connectivity index (χ1) is 14.4. The zero-order valence-corrected chi connectivity index (χ0v) is 17.3. The highest BCUT2D eigenvalue weighted by molar-refractivity contribution is 6.31. The normalized spacial score (nSPS) is 12.3. The SMILES string of the molecule is Cc1ccc(C(Cc2ncc(Cl)c(C)c2F)c2ccc3cccnc3c2O)cc1O. The average Bonchev–Trinajstić information content (AvgIpc) is 2.75. The molecule has 1 atom stereocenters. The lowest BCUT2D eigenvalue weighted by molar-refractivity contribution is 0.464. The van der Waals surface area contributed by atoms with E-state index < -0.39 is 11.7 Å². The molecule has 0 amide bonds. The van der Waals surface area contributed by atoms with Crippen molar-refractivity contribution in [1.82, 2.24) is 9.97 Å². The maximum atomic E-state index is 14.9. The van der Waals surface area contributed by atoms with Crippen molar-refractivity contribution in [2.45, 2.75) is 26.2 Å². The summed E-state index contributed by atoms with van der Waals surface area (Å²) in [5.74, 6) is -0.756. The summed E-state index contributed by atoms with van der Waals surface area (Å²) in [5.41, 5.74) is 3.08. The fourth-order valence-corrected chi connectivity index (χ4v) is 3.75. The number of nitrogens with zero attached hydrogens (tertiary/aromatic N) is 2. The van der Waals surface area contributed by atoms with Crippen LogP contribution in [0.4, 0.5) is 4.39 Å². The van der Waals surface area contributed by atoms with Crippen molar-refractivity contribution in [2.24, 2.45) is 0 Å². The fourth-order valence-electron chi connectivity index (χ4n) is 3.62. The summed E-state index contributed by atoms with van der Waals surface area (Å²) in [6.07, 6.45) is 3.22. The van der Waals surface area contributed by atoms with Gasteiger partial charge < -0.3 is 10.2 Å². The van der Waals surface area contributed by atoms with Gasteiger partial charge in [-0.2, -0.15) is 0 Å². The predicted molar refractivity (Wildman–Crippen MR) is 116 cm³/mol. The van der Waals surface area contributed by atoms with Crippen LogP contribution in [0, 0.1) is 19.7 Å². The predicted octanol–water partition coefficient (Wildman–Crippen LogP) is 5.82. The lowest BCUT2D eigenvalue weighted by Crippen LogP contribution is -2.10. The van der Waals surface area contributed by atoms with E-state index in [2.05, 4.69) is 9.97 Å². The van der Waals surface area contributed by atoms with Gasteiger partial charge in [-0.3, -0.25) is 9.97 Å². The smallest absolute Gasteiger partial charge is 0.149 e. The number of phenols is 2. The van der Waals surface area contributed by atoms with Crippen LogP contribution < -0.4 is 0 Å². The van der Waals surface area contributed by atoms with E-state index in [1.54, 1.807) is 38.2 Å². The summed E-state index contributed by atoms with van der Waals surface area (Å²) in [7, 11) is 0. The molecule has 2 heterocycles. The van der Waals surface area contributed by atoms with Crippen molar-refractivity contribution >= 4 is 22.5 Å². The van der Waals surface area contributed by atoms with E-state index in [9.17, 15) is 14.6 Å². The monoisotopic (exact) mass is 422 g/mol. The highest BCUT2D eigenvalue weighted by Gasteiger charge is 2.24. The van der Waals surface area contributed by atoms with Crippen molar-refractivity contribution < 1.29 is 14.6 Å². The molecule has 2 aromatic heterocycles. The molecule has 4 aromatic rings. The van der Waals surface area contributed by atoms with Crippen LogP contribution in [0.3, 0.4) is 0 Å². The first kappa shape index (κ1) is 20.1. The van der Waals surface area contributed by atoms with Crippen molar-refractivity contribution in [1.29, 1.82) is 0 Å². The fraction of sp³-hybridized carbons (Fsp3) is 0.167. The molecule has 1 unspecified atom stereocenters. The Labute approximate surface area is 178 Å². The topological polar surface area (TPSA) is 66.2 Å². The maximum Gasteiger partial charge on any atom is 0.149 e. The molecule has 152 valence electrons. The number of fused-ring (bicyclic) bond motifs is 1. The summed E-state index contributed by atoms with van der Waals surface area (Å²) in [6.45, 7) is 3.41. The molecule has 0 fully saturated rings. The third-order valence-corrected chi connectivity index (χ3v) is 5.84. The second-order valence-corrected chi connectivity index (χ2v) is 7.78. The summed E-state index contributed by atoms with van der Waals surface area (Å²) in [4.78, 5) is 8.49. The van der Waals surface area contributed by atoms with Crippen molar-refractivity contribution in [3.63, 3.8) is 0 Å². The van der Waals surface area contributed by atoms with Gasteiger partial charge in [0.25, 0.3) is 0 Å². The molecular weight excluding hydrogens is 403 g/mol. The van der Waals surface area contributed by atoms with Gasteiger partial charge in [-0.05, 0) is 37.1 Å². The maximum absolute atomic E-state index is 14.9. The van der Waals surface area contributed by atoms with E-state index >= 15 is 0 Å². The Morgan fingerprint density at radius 2 is 1.87 bits per heavy atom. The van der Waals surface area contributed by atoms with Gasteiger partial charge in [-0.25, -0.2) is 4.39 Å². The first-order valence-corrected chi connectivity index (χ1v) is 9.90. The van der Waals surface area contributed by atoms with Crippen molar-refractivity contribution in [3.8, 4) is 11.5 Å². The van der Waals surface area contributed by atoms with Crippen LogP contribution in [0.5, 0.6) is 11.5 Å². The number of aryl methyl sites for hydroxylation is 1. The quantitative estimate of drug-likeness (QED) is 0.434. The minimum atomic E-state index is -0.470. The summed E-state index contributed by atoms with van der Waals surface area (Å²) in [5, 5.41) is 22.3. The van der Waals surface area contributed by atoms with Gasteiger partial charge in [0.2, 0.25) is 0 Å². The molecule has 4 nitrogen and oxygen atoms in total. The van der Waals surface area contributed by atoms with Crippen LogP contribution in [0.15, 0.2) is 54.9 Å². The lowest BCUT2D eigenvalue weighted by atomic mass is 9.85. The van der Waals surface area contributed by atoms with Crippen LogP contribution in [0.25, 0.3) is 10.9 Å².